The van der Waals surface area contributed by atoms with Crippen molar-refractivity contribution in [3.05, 3.63) is 35.9 Å². The number of imide groups is 1. The average Bonchev–Trinajstić information content (AvgIpc) is 2.91. The van der Waals surface area contributed by atoms with E-state index >= 15 is 0 Å². The summed E-state index contributed by atoms with van der Waals surface area (Å²) >= 11 is 1.30. The third-order valence-corrected chi connectivity index (χ3v) is 5.07. The minimum atomic E-state index is -0.581. The van der Waals surface area contributed by atoms with Crippen molar-refractivity contribution in [2.24, 2.45) is 4.99 Å². The van der Waals surface area contributed by atoms with Crippen LogP contribution < -0.4 is 5.32 Å². The number of fused-ring (bicyclic) bond motifs is 1. The van der Waals surface area contributed by atoms with Gasteiger partial charge in [-0.2, -0.15) is 0 Å². The molecule has 2 unspecified atom stereocenters. The molecular formula is C16H18N4O3S. The number of amidine groups is 1. The topological polar surface area (TPSA) is 82.1 Å². The Balaban J connectivity index is 1.89. The van der Waals surface area contributed by atoms with Crippen LogP contribution in [0.2, 0.25) is 0 Å². The molecule has 0 bridgehead atoms. The zero-order chi connectivity index (χ0) is 17.3. The molecular weight excluding hydrogens is 328 g/mol. The molecule has 0 aromatic heterocycles. The molecule has 0 saturated carbocycles. The fraction of sp³-hybridized carbons (Fsp3) is 0.375. The van der Waals surface area contributed by atoms with E-state index in [0.29, 0.717) is 11.7 Å². The lowest BCUT2D eigenvalue weighted by molar-refractivity contribution is -0.127. The predicted molar refractivity (Wildman–Crippen MR) is 91.4 cm³/mol. The third-order valence-electron chi connectivity index (χ3n) is 3.92. The van der Waals surface area contributed by atoms with E-state index in [9.17, 15) is 14.4 Å². The molecule has 2 heterocycles. The van der Waals surface area contributed by atoms with Crippen LogP contribution in [0, 0.1) is 0 Å². The first-order chi connectivity index (χ1) is 11.5. The Bertz CT molecular complexity index is 707. The van der Waals surface area contributed by atoms with E-state index in [0.717, 1.165) is 5.56 Å². The normalized spacial score (nSPS) is 23.0. The summed E-state index contributed by atoms with van der Waals surface area (Å²) in [6, 6.07) is 8.68. The molecule has 2 atom stereocenters. The number of aliphatic imine (C=N–C) groups is 1. The van der Waals surface area contributed by atoms with E-state index in [1.54, 1.807) is 7.05 Å². The summed E-state index contributed by atoms with van der Waals surface area (Å²) in [6.07, 6.45) is -0.565. The molecule has 2 aliphatic rings. The van der Waals surface area contributed by atoms with E-state index in [1.807, 2.05) is 35.2 Å². The number of carbonyl (C=O) groups excluding carboxylic acids is 3. The summed E-state index contributed by atoms with van der Waals surface area (Å²) in [6.45, 7) is 2.00. The summed E-state index contributed by atoms with van der Waals surface area (Å²) in [5, 5.41) is 2.97. The van der Waals surface area contributed by atoms with Crippen molar-refractivity contribution in [2.75, 3.05) is 12.8 Å². The summed E-state index contributed by atoms with van der Waals surface area (Å²) in [5.74, 6) is -0.0460. The zero-order valence-corrected chi connectivity index (χ0v) is 14.2. The maximum absolute atomic E-state index is 12.4. The molecule has 8 heteroatoms. The Labute approximate surface area is 144 Å². The number of rotatable bonds is 4. The first kappa shape index (κ1) is 16.5. The van der Waals surface area contributed by atoms with Gasteiger partial charge in [-0.05, 0) is 12.5 Å². The molecule has 1 N–H and O–H groups in total. The first-order valence-corrected chi connectivity index (χ1v) is 8.54. The lowest BCUT2D eigenvalue weighted by atomic mass is 10.1. The summed E-state index contributed by atoms with van der Waals surface area (Å²) in [7, 11) is 1.61. The highest BCUT2D eigenvalue weighted by molar-refractivity contribution is 8.14. The number of ketones is 1. The number of hydrogen-bond donors (Lipinski definition) is 1. The summed E-state index contributed by atoms with van der Waals surface area (Å²) in [5.41, 5.74) is 1.03. The molecule has 3 amide bonds. The second-order valence-electron chi connectivity index (χ2n) is 5.78. The van der Waals surface area contributed by atoms with Crippen molar-refractivity contribution in [3.8, 4) is 0 Å². The van der Waals surface area contributed by atoms with E-state index in [4.69, 9.17) is 0 Å². The predicted octanol–water partition coefficient (Wildman–Crippen LogP) is 1.06. The Hall–Kier alpha value is -2.35. The van der Waals surface area contributed by atoms with Crippen molar-refractivity contribution >= 4 is 34.7 Å². The molecule has 2 aliphatic heterocycles. The third kappa shape index (κ3) is 3.14. The molecule has 0 aliphatic carbocycles. The van der Waals surface area contributed by atoms with Crippen LogP contribution >= 0.6 is 11.8 Å². The van der Waals surface area contributed by atoms with Gasteiger partial charge in [0.05, 0.1) is 5.75 Å². The van der Waals surface area contributed by atoms with Gasteiger partial charge in [0, 0.05) is 13.6 Å². The lowest BCUT2D eigenvalue weighted by Crippen LogP contribution is -2.63. The first-order valence-electron chi connectivity index (χ1n) is 7.55. The fourth-order valence-corrected chi connectivity index (χ4v) is 3.59. The van der Waals surface area contributed by atoms with Crippen molar-refractivity contribution in [1.82, 2.24) is 15.1 Å². The number of thioether (sulfide) groups is 1. The molecule has 1 saturated heterocycles. The Morgan fingerprint density at radius 3 is 2.67 bits per heavy atom. The molecule has 126 valence electrons. The summed E-state index contributed by atoms with van der Waals surface area (Å²) in [4.78, 5) is 43.3. The van der Waals surface area contributed by atoms with Crippen LogP contribution in [-0.2, 0) is 16.1 Å². The van der Waals surface area contributed by atoms with Crippen molar-refractivity contribution in [2.45, 2.75) is 25.7 Å². The van der Waals surface area contributed by atoms with Crippen LogP contribution in [0.1, 0.15) is 12.5 Å². The minimum Gasteiger partial charge on any atom is -0.331 e. The van der Waals surface area contributed by atoms with Crippen molar-refractivity contribution in [3.63, 3.8) is 0 Å². The minimum absolute atomic E-state index is 0.0334. The molecule has 0 radical (unpaired) electrons. The highest BCUT2D eigenvalue weighted by Crippen LogP contribution is 2.29. The van der Waals surface area contributed by atoms with Gasteiger partial charge in [0.2, 0.25) is 0 Å². The second kappa shape index (κ2) is 6.64. The highest BCUT2D eigenvalue weighted by atomic mass is 32.2. The number of nitrogens with zero attached hydrogens (tertiary/aromatic N) is 3. The molecule has 1 aromatic carbocycles. The van der Waals surface area contributed by atoms with Crippen molar-refractivity contribution in [1.29, 1.82) is 0 Å². The Morgan fingerprint density at radius 1 is 1.29 bits per heavy atom. The quantitative estimate of drug-likeness (QED) is 0.881. The van der Waals surface area contributed by atoms with Crippen LogP contribution in [0.25, 0.3) is 0 Å². The van der Waals surface area contributed by atoms with E-state index in [2.05, 4.69) is 10.3 Å². The molecule has 1 aromatic rings. The fourth-order valence-electron chi connectivity index (χ4n) is 2.73. The molecule has 24 heavy (non-hydrogen) atoms. The molecule has 3 rings (SSSR count). The molecule has 7 nitrogen and oxygen atoms in total. The van der Waals surface area contributed by atoms with Gasteiger partial charge < -0.3 is 9.80 Å². The lowest BCUT2D eigenvalue weighted by Gasteiger charge is -2.36. The SMILES string of the molecule is CC(=O)CSC1=NC2C(C(=O)NC(=O)N2C)N1Cc1ccccc1. The average molecular weight is 346 g/mol. The maximum atomic E-state index is 12.4. The number of carbonyl (C=O) groups is 3. The van der Waals surface area contributed by atoms with E-state index in [-0.39, 0.29) is 17.4 Å². The highest BCUT2D eigenvalue weighted by Gasteiger charge is 2.48. The van der Waals surface area contributed by atoms with Gasteiger partial charge in [-0.25, -0.2) is 9.79 Å². The van der Waals surface area contributed by atoms with Gasteiger partial charge in [-0.3, -0.25) is 14.9 Å². The number of Topliss-reactive ketones (excluding diaryl/α,β-unsaturated/α-hetero) is 1. The van der Waals surface area contributed by atoms with Gasteiger partial charge in [-0.15, -0.1) is 0 Å². The van der Waals surface area contributed by atoms with E-state index in [1.165, 1.54) is 23.6 Å². The monoisotopic (exact) mass is 346 g/mol. The summed E-state index contributed by atoms with van der Waals surface area (Å²) < 4.78 is 0. The van der Waals surface area contributed by atoms with Gasteiger partial charge in [0.1, 0.15) is 5.78 Å². The maximum Gasteiger partial charge on any atom is 0.325 e. The van der Waals surface area contributed by atoms with E-state index < -0.39 is 18.2 Å². The van der Waals surface area contributed by atoms with Gasteiger partial charge in [0.15, 0.2) is 17.4 Å². The Kier molecular flexibility index (Phi) is 4.57. The number of benzene rings is 1. The number of urea groups is 1. The van der Waals surface area contributed by atoms with Crippen LogP contribution in [0.5, 0.6) is 0 Å². The standard InChI is InChI=1S/C16H18N4O3S/c1-10(21)9-24-16-17-13-12(14(22)18-15(23)19(13)2)20(16)8-11-6-4-3-5-7-11/h3-7,12-13H,8-9H2,1-2H3,(H,18,22,23). The number of hydrogen-bond acceptors (Lipinski definition) is 6. The van der Waals surface area contributed by atoms with Gasteiger partial charge in [-0.1, -0.05) is 42.1 Å². The smallest absolute Gasteiger partial charge is 0.325 e. The molecule has 1 fully saturated rings. The van der Waals surface area contributed by atoms with Crippen molar-refractivity contribution < 1.29 is 14.4 Å². The van der Waals surface area contributed by atoms with Gasteiger partial charge >= 0.3 is 6.03 Å². The van der Waals surface area contributed by atoms with Crippen LogP contribution in [-0.4, -0.2) is 57.7 Å². The number of likely N-dealkylation sites (N-methyl/N-ethyl adjacent to an activating group) is 1. The van der Waals surface area contributed by atoms with Crippen LogP contribution in [0.15, 0.2) is 35.3 Å². The molecule has 0 spiro atoms. The second-order valence-corrected chi connectivity index (χ2v) is 6.72. The zero-order valence-electron chi connectivity index (χ0n) is 13.4. The van der Waals surface area contributed by atoms with Crippen LogP contribution in [0.4, 0.5) is 4.79 Å². The van der Waals surface area contributed by atoms with Crippen LogP contribution in [0.3, 0.4) is 0 Å². The number of nitrogens with one attached hydrogen (secondary N) is 1. The number of amides is 3. The largest absolute Gasteiger partial charge is 0.331 e. The van der Waals surface area contributed by atoms with Gasteiger partial charge in [0.25, 0.3) is 5.91 Å². The Morgan fingerprint density at radius 2 is 2.00 bits per heavy atom.